The second-order valence-electron chi connectivity index (χ2n) is 5.43. The SMILES string of the molecule is CC(=O)N(C)c1ccc(NC(=S)NC(=O)Cc2ccc(Cl)cc2)cc1. The first-order chi connectivity index (χ1) is 11.8. The third-order valence-electron chi connectivity index (χ3n) is 3.52. The monoisotopic (exact) mass is 375 g/mol. The standard InChI is InChI=1S/C18H18ClN3O2S/c1-12(23)22(2)16-9-7-15(8-10-16)20-18(25)21-17(24)11-13-3-5-14(19)6-4-13/h3-10H,11H2,1-2H3,(H2,20,21,24,25). The van der Waals surface area contributed by atoms with Crippen molar-refractivity contribution in [1.29, 1.82) is 0 Å². The van der Waals surface area contributed by atoms with Gasteiger partial charge in [0.2, 0.25) is 11.8 Å². The van der Waals surface area contributed by atoms with Gasteiger partial charge in [0.25, 0.3) is 0 Å². The summed E-state index contributed by atoms with van der Waals surface area (Å²) >= 11 is 11.0. The average molecular weight is 376 g/mol. The molecule has 0 aliphatic carbocycles. The molecule has 0 saturated carbocycles. The number of rotatable bonds is 4. The van der Waals surface area contributed by atoms with E-state index in [1.165, 1.54) is 11.8 Å². The fourth-order valence-corrected chi connectivity index (χ4v) is 2.43. The van der Waals surface area contributed by atoms with Crippen molar-refractivity contribution in [3.05, 3.63) is 59.1 Å². The number of nitrogens with zero attached hydrogens (tertiary/aromatic N) is 1. The van der Waals surface area contributed by atoms with Gasteiger partial charge in [-0.15, -0.1) is 0 Å². The molecule has 2 rings (SSSR count). The third-order valence-corrected chi connectivity index (χ3v) is 3.97. The zero-order valence-corrected chi connectivity index (χ0v) is 15.4. The highest BCUT2D eigenvalue weighted by Crippen LogP contribution is 2.17. The Balaban J connectivity index is 1.88. The molecule has 0 heterocycles. The molecule has 25 heavy (non-hydrogen) atoms. The molecular weight excluding hydrogens is 358 g/mol. The summed E-state index contributed by atoms with van der Waals surface area (Å²) in [7, 11) is 1.70. The van der Waals surface area contributed by atoms with Gasteiger partial charge in [-0.05, 0) is 54.2 Å². The minimum Gasteiger partial charge on any atom is -0.332 e. The highest BCUT2D eigenvalue weighted by atomic mass is 35.5. The van der Waals surface area contributed by atoms with Crippen molar-refractivity contribution in [1.82, 2.24) is 5.32 Å². The summed E-state index contributed by atoms with van der Waals surface area (Å²) in [6, 6.07) is 14.2. The van der Waals surface area contributed by atoms with Crippen molar-refractivity contribution in [3.63, 3.8) is 0 Å². The van der Waals surface area contributed by atoms with Crippen LogP contribution in [-0.4, -0.2) is 24.0 Å². The fourth-order valence-electron chi connectivity index (χ4n) is 2.07. The van der Waals surface area contributed by atoms with Crippen molar-refractivity contribution >= 4 is 52.1 Å². The van der Waals surface area contributed by atoms with Crippen LogP contribution in [0.4, 0.5) is 11.4 Å². The van der Waals surface area contributed by atoms with Crippen LogP contribution in [0.1, 0.15) is 12.5 Å². The van der Waals surface area contributed by atoms with Crippen molar-refractivity contribution < 1.29 is 9.59 Å². The molecule has 0 aliphatic rings. The van der Waals surface area contributed by atoms with Crippen molar-refractivity contribution in [2.45, 2.75) is 13.3 Å². The summed E-state index contributed by atoms with van der Waals surface area (Å²) in [6.45, 7) is 1.50. The zero-order valence-electron chi connectivity index (χ0n) is 13.9. The number of halogens is 1. The molecule has 0 aliphatic heterocycles. The summed E-state index contributed by atoms with van der Waals surface area (Å²) < 4.78 is 0. The summed E-state index contributed by atoms with van der Waals surface area (Å²) in [6.07, 6.45) is 0.210. The Morgan fingerprint density at radius 3 is 2.24 bits per heavy atom. The van der Waals surface area contributed by atoms with Crippen LogP contribution in [0.25, 0.3) is 0 Å². The Morgan fingerprint density at radius 1 is 1.08 bits per heavy atom. The van der Waals surface area contributed by atoms with E-state index in [9.17, 15) is 9.59 Å². The van der Waals surface area contributed by atoms with Gasteiger partial charge in [-0.1, -0.05) is 23.7 Å². The van der Waals surface area contributed by atoms with Gasteiger partial charge in [0.15, 0.2) is 5.11 Å². The minimum absolute atomic E-state index is 0.0503. The lowest BCUT2D eigenvalue weighted by Crippen LogP contribution is -2.35. The molecule has 2 N–H and O–H groups in total. The molecule has 0 fully saturated rings. The molecule has 2 aromatic carbocycles. The van der Waals surface area contributed by atoms with E-state index in [0.29, 0.717) is 5.02 Å². The Hall–Kier alpha value is -2.44. The lowest BCUT2D eigenvalue weighted by molar-refractivity contribution is -0.119. The van der Waals surface area contributed by atoms with Gasteiger partial charge >= 0.3 is 0 Å². The van der Waals surface area contributed by atoms with E-state index >= 15 is 0 Å². The van der Waals surface area contributed by atoms with Gasteiger partial charge in [-0.25, -0.2) is 0 Å². The Labute approximate surface area is 157 Å². The molecule has 0 aromatic heterocycles. The van der Waals surface area contributed by atoms with Gasteiger partial charge in [-0.2, -0.15) is 0 Å². The van der Waals surface area contributed by atoms with E-state index in [4.69, 9.17) is 23.8 Å². The fraction of sp³-hybridized carbons (Fsp3) is 0.167. The Morgan fingerprint density at radius 2 is 1.68 bits per heavy atom. The number of amides is 2. The van der Waals surface area contributed by atoms with E-state index in [1.807, 2.05) is 0 Å². The quantitative estimate of drug-likeness (QED) is 0.804. The van der Waals surface area contributed by atoms with E-state index in [1.54, 1.807) is 55.6 Å². The number of anilines is 2. The van der Waals surface area contributed by atoms with Crippen LogP contribution in [0.3, 0.4) is 0 Å². The molecule has 0 spiro atoms. The highest BCUT2D eigenvalue weighted by Gasteiger charge is 2.08. The van der Waals surface area contributed by atoms with Crippen molar-refractivity contribution in [2.75, 3.05) is 17.3 Å². The van der Waals surface area contributed by atoms with Gasteiger partial charge in [0.05, 0.1) is 6.42 Å². The summed E-state index contributed by atoms with van der Waals surface area (Å²) in [5, 5.41) is 6.41. The summed E-state index contributed by atoms with van der Waals surface area (Å²) in [5.41, 5.74) is 2.34. The van der Waals surface area contributed by atoms with Crippen molar-refractivity contribution in [2.24, 2.45) is 0 Å². The van der Waals surface area contributed by atoms with Gasteiger partial charge in [0.1, 0.15) is 0 Å². The zero-order chi connectivity index (χ0) is 18.4. The Bertz CT molecular complexity index is 776. The maximum absolute atomic E-state index is 12.0. The number of nitrogens with one attached hydrogen (secondary N) is 2. The maximum Gasteiger partial charge on any atom is 0.230 e. The van der Waals surface area contributed by atoms with Gasteiger partial charge in [0, 0.05) is 30.4 Å². The molecule has 2 amide bonds. The first kappa shape index (κ1) is 18.9. The first-order valence-corrected chi connectivity index (χ1v) is 8.33. The third kappa shape index (κ3) is 5.85. The van der Waals surface area contributed by atoms with Crippen LogP contribution in [0.5, 0.6) is 0 Å². The topological polar surface area (TPSA) is 61.4 Å². The molecule has 130 valence electrons. The molecular formula is C18H18ClN3O2S. The molecule has 0 bridgehead atoms. The molecule has 7 heteroatoms. The lowest BCUT2D eigenvalue weighted by atomic mass is 10.1. The van der Waals surface area contributed by atoms with Crippen molar-refractivity contribution in [3.8, 4) is 0 Å². The summed E-state index contributed by atoms with van der Waals surface area (Å²) in [4.78, 5) is 24.9. The minimum atomic E-state index is -0.215. The molecule has 0 radical (unpaired) electrons. The number of hydrogen-bond donors (Lipinski definition) is 2. The van der Waals surface area contributed by atoms with Gasteiger partial charge in [-0.3, -0.25) is 9.59 Å². The van der Waals surface area contributed by atoms with E-state index in [-0.39, 0.29) is 23.3 Å². The average Bonchev–Trinajstić information content (AvgIpc) is 2.56. The van der Waals surface area contributed by atoms with Crippen LogP contribution in [0, 0.1) is 0 Å². The predicted molar refractivity (Wildman–Crippen MR) is 105 cm³/mol. The van der Waals surface area contributed by atoms with E-state index in [0.717, 1.165) is 16.9 Å². The number of benzene rings is 2. The van der Waals surface area contributed by atoms with Crippen LogP contribution < -0.4 is 15.5 Å². The number of hydrogen-bond acceptors (Lipinski definition) is 3. The number of thiocarbonyl (C=S) groups is 1. The maximum atomic E-state index is 12.0. The molecule has 0 unspecified atom stereocenters. The van der Waals surface area contributed by atoms with Gasteiger partial charge < -0.3 is 15.5 Å². The van der Waals surface area contributed by atoms with E-state index < -0.39 is 0 Å². The van der Waals surface area contributed by atoms with Crippen LogP contribution in [0.2, 0.25) is 5.02 Å². The summed E-state index contributed by atoms with van der Waals surface area (Å²) in [5.74, 6) is -0.265. The van der Waals surface area contributed by atoms with E-state index in [2.05, 4.69) is 10.6 Å². The largest absolute Gasteiger partial charge is 0.332 e. The molecule has 5 nitrogen and oxygen atoms in total. The van der Waals surface area contributed by atoms with Crippen LogP contribution >= 0.6 is 23.8 Å². The normalized spacial score (nSPS) is 10.0. The number of carbonyl (C=O) groups excluding carboxylic acids is 2. The smallest absolute Gasteiger partial charge is 0.230 e. The second kappa shape index (κ2) is 8.60. The molecule has 0 saturated heterocycles. The second-order valence-corrected chi connectivity index (χ2v) is 6.28. The molecule has 0 atom stereocenters. The predicted octanol–water partition coefficient (Wildman–Crippen LogP) is 3.38. The number of carbonyl (C=O) groups is 2. The molecule has 2 aromatic rings. The Kier molecular flexibility index (Phi) is 6.50. The first-order valence-electron chi connectivity index (χ1n) is 7.55. The van der Waals surface area contributed by atoms with Crippen LogP contribution in [-0.2, 0) is 16.0 Å². The van der Waals surface area contributed by atoms with Crippen LogP contribution in [0.15, 0.2) is 48.5 Å². The lowest BCUT2D eigenvalue weighted by Gasteiger charge is -2.16. The highest BCUT2D eigenvalue weighted by molar-refractivity contribution is 7.80.